The quantitative estimate of drug-likeness (QED) is 0.665. The van der Waals surface area contributed by atoms with E-state index < -0.39 is 23.5 Å². The Morgan fingerprint density at radius 3 is 2.42 bits per heavy atom. The molecule has 3 fully saturated rings. The molecule has 31 heavy (non-hydrogen) atoms. The predicted molar refractivity (Wildman–Crippen MR) is 116 cm³/mol. The zero-order valence-corrected chi connectivity index (χ0v) is 18.5. The van der Waals surface area contributed by atoms with E-state index in [4.69, 9.17) is 23.2 Å². The van der Waals surface area contributed by atoms with E-state index in [1.165, 1.54) is 4.90 Å². The fraction of sp³-hybridized carbons (Fsp3) is 0.524. The van der Waals surface area contributed by atoms with Gasteiger partial charge in [-0.2, -0.15) is 0 Å². The molecule has 0 aromatic heterocycles. The van der Waals surface area contributed by atoms with Crippen molar-refractivity contribution in [2.24, 2.45) is 0 Å². The van der Waals surface area contributed by atoms with Crippen LogP contribution in [0.15, 0.2) is 18.2 Å². The number of hydrogen-bond donors (Lipinski definition) is 2. The topological polar surface area (TPSA) is 98.8 Å². The minimum Gasteiger partial charge on any atom is -0.329 e. The number of nitrogens with one attached hydrogen (secondary N) is 2. The van der Waals surface area contributed by atoms with E-state index in [-0.39, 0.29) is 18.4 Å². The molecule has 2 N–H and O–H groups in total. The number of rotatable bonds is 4. The molecule has 10 heteroatoms. The highest BCUT2D eigenvalue weighted by molar-refractivity contribution is 6.35. The fourth-order valence-electron chi connectivity index (χ4n) is 4.73. The summed E-state index contributed by atoms with van der Waals surface area (Å²) in [4.78, 5) is 53.6. The Labute approximate surface area is 190 Å². The molecule has 2 aliphatic heterocycles. The first-order valence-electron chi connectivity index (χ1n) is 10.5. The molecule has 3 aliphatic rings. The van der Waals surface area contributed by atoms with E-state index in [2.05, 4.69) is 10.6 Å². The molecule has 1 spiro atoms. The molecular weight excluding hydrogens is 443 g/mol. The van der Waals surface area contributed by atoms with Gasteiger partial charge >= 0.3 is 6.03 Å². The number of carbonyl (C=O) groups is 4. The number of benzene rings is 1. The van der Waals surface area contributed by atoms with E-state index >= 15 is 0 Å². The second-order valence-corrected chi connectivity index (χ2v) is 9.23. The van der Waals surface area contributed by atoms with Crippen LogP contribution in [0.25, 0.3) is 0 Å². The third-order valence-corrected chi connectivity index (χ3v) is 6.69. The summed E-state index contributed by atoms with van der Waals surface area (Å²) < 4.78 is 0. The normalized spacial score (nSPS) is 22.7. The first-order valence-corrected chi connectivity index (χ1v) is 11.3. The number of urea groups is 1. The van der Waals surface area contributed by atoms with E-state index in [1.807, 2.05) is 0 Å². The number of halogens is 2. The van der Waals surface area contributed by atoms with Gasteiger partial charge in [0.15, 0.2) is 0 Å². The van der Waals surface area contributed by atoms with E-state index in [0.29, 0.717) is 48.0 Å². The molecule has 166 valence electrons. The Morgan fingerprint density at radius 1 is 1.06 bits per heavy atom. The maximum atomic E-state index is 13.0. The number of hydrogen-bond acceptors (Lipinski definition) is 4. The Morgan fingerprint density at radius 2 is 1.74 bits per heavy atom. The third kappa shape index (κ3) is 4.36. The van der Waals surface area contributed by atoms with Gasteiger partial charge in [0.25, 0.3) is 5.91 Å². The Balaban J connectivity index is 1.42. The van der Waals surface area contributed by atoms with Crippen molar-refractivity contribution < 1.29 is 19.2 Å². The van der Waals surface area contributed by atoms with Crippen molar-refractivity contribution >= 4 is 52.6 Å². The number of likely N-dealkylation sites (tertiary alicyclic amines) is 1. The monoisotopic (exact) mass is 466 g/mol. The molecule has 1 aromatic rings. The first kappa shape index (κ1) is 21.9. The minimum atomic E-state index is -0.872. The van der Waals surface area contributed by atoms with E-state index in [1.54, 1.807) is 18.2 Å². The lowest BCUT2D eigenvalue weighted by molar-refractivity contribution is -0.141. The maximum Gasteiger partial charge on any atom is 0.325 e. The molecule has 1 aliphatic carbocycles. The molecule has 2 heterocycles. The Kier molecular flexibility index (Phi) is 6.12. The smallest absolute Gasteiger partial charge is 0.325 e. The van der Waals surface area contributed by atoms with Crippen molar-refractivity contribution in [3.05, 3.63) is 28.2 Å². The lowest BCUT2D eigenvalue weighted by Crippen LogP contribution is -2.50. The van der Waals surface area contributed by atoms with E-state index in [0.717, 1.165) is 24.2 Å². The molecule has 2 saturated heterocycles. The highest BCUT2D eigenvalue weighted by Crippen LogP contribution is 2.34. The number of anilines is 1. The minimum absolute atomic E-state index is 0.334. The Hall–Kier alpha value is -2.32. The summed E-state index contributed by atoms with van der Waals surface area (Å²) >= 11 is 12.0. The molecule has 8 nitrogen and oxygen atoms in total. The van der Waals surface area contributed by atoms with Gasteiger partial charge in [-0.3, -0.25) is 19.3 Å². The molecule has 1 aromatic carbocycles. The first-order chi connectivity index (χ1) is 14.8. The van der Waals surface area contributed by atoms with Crippen molar-refractivity contribution in [2.75, 3.05) is 18.4 Å². The van der Waals surface area contributed by atoms with Gasteiger partial charge < -0.3 is 15.5 Å². The molecule has 4 rings (SSSR count). The van der Waals surface area contributed by atoms with Gasteiger partial charge in [-0.25, -0.2) is 4.79 Å². The van der Waals surface area contributed by atoms with Crippen LogP contribution in [-0.4, -0.2) is 58.2 Å². The third-order valence-electron chi connectivity index (χ3n) is 6.25. The average molecular weight is 467 g/mol. The fourth-order valence-corrected chi connectivity index (χ4v) is 5.26. The zero-order chi connectivity index (χ0) is 22.2. The van der Waals surface area contributed by atoms with Crippen molar-refractivity contribution in [1.29, 1.82) is 0 Å². The lowest BCUT2D eigenvalue weighted by Gasteiger charge is -2.30. The number of carbonyl (C=O) groups excluding carboxylic acids is 4. The van der Waals surface area contributed by atoms with Crippen LogP contribution in [0.5, 0.6) is 0 Å². The van der Waals surface area contributed by atoms with Crippen molar-refractivity contribution in [2.45, 2.75) is 56.5 Å². The number of nitrogens with zero attached hydrogens (tertiary/aromatic N) is 2. The molecule has 1 saturated carbocycles. The van der Waals surface area contributed by atoms with Gasteiger partial charge in [-0.1, -0.05) is 42.5 Å². The number of amides is 5. The van der Waals surface area contributed by atoms with Crippen LogP contribution in [0.3, 0.4) is 0 Å². The summed E-state index contributed by atoms with van der Waals surface area (Å²) in [5, 5.41) is 6.32. The lowest BCUT2D eigenvalue weighted by atomic mass is 9.82. The van der Waals surface area contributed by atoms with Gasteiger partial charge in [0.2, 0.25) is 11.8 Å². The van der Waals surface area contributed by atoms with Crippen LogP contribution < -0.4 is 10.6 Å². The van der Waals surface area contributed by atoms with Gasteiger partial charge in [0.1, 0.15) is 18.1 Å². The maximum absolute atomic E-state index is 13.0. The molecule has 1 atom stereocenters. The summed E-state index contributed by atoms with van der Waals surface area (Å²) in [6.07, 6.45) is 5.12. The zero-order valence-electron chi connectivity index (χ0n) is 17.0. The summed E-state index contributed by atoms with van der Waals surface area (Å²) in [5.74, 6) is -1.11. The highest BCUT2D eigenvalue weighted by atomic mass is 35.5. The van der Waals surface area contributed by atoms with Gasteiger partial charge in [-0.05, 0) is 43.9 Å². The van der Waals surface area contributed by atoms with Crippen molar-refractivity contribution in [3.8, 4) is 0 Å². The molecule has 0 radical (unpaired) electrons. The van der Waals surface area contributed by atoms with Crippen LogP contribution in [-0.2, 0) is 14.4 Å². The summed E-state index contributed by atoms with van der Waals surface area (Å²) in [6.45, 7) is 0.0290. The second-order valence-electron chi connectivity index (χ2n) is 8.36. The van der Waals surface area contributed by atoms with Crippen LogP contribution in [0.2, 0.25) is 10.0 Å². The largest absolute Gasteiger partial charge is 0.329 e. The standard InChI is InChI=1S/C21H24Cl2N4O4/c22-13-9-14(23)11-15(10-13)24-18(29)16-5-4-8-26(16)17(28)12-27-19(30)21(25-20(27)31)6-2-1-3-7-21/h9-11,16H,1-8,12H2,(H,24,29)(H,25,31). The van der Waals surface area contributed by atoms with Crippen LogP contribution >= 0.6 is 23.2 Å². The molecule has 0 bridgehead atoms. The van der Waals surface area contributed by atoms with E-state index in [9.17, 15) is 19.2 Å². The number of imide groups is 1. The van der Waals surface area contributed by atoms with Gasteiger partial charge in [0.05, 0.1) is 0 Å². The summed E-state index contributed by atoms with van der Waals surface area (Å²) in [7, 11) is 0. The molecular formula is C21H24Cl2N4O4. The summed E-state index contributed by atoms with van der Waals surface area (Å²) in [6, 6.07) is 3.48. The van der Waals surface area contributed by atoms with Gasteiger partial charge in [0, 0.05) is 22.3 Å². The predicted octanol–water partition coefficient (Wildman–Crippen LogP) is 3.18. The average Bonchev–Trinajstić information content (AvgIpc) is 3.28. The van der Waals surface area contributed by atoms with Crippen molar-refractivity contribution in [1.82, 2.24) is 15.1 Å². The van der Waals surface area contributed by atoms with Crippen LogP contribution in [0.1, 0.15) is 44.9 Å². The Bertz CT molecular complexity index is 912. The molecule has 5 amide bonds. The highest BCUT2D eigenvalue weighted by Gasteiger charge is 2.52. The van der Waals surface area contributed by atoms with Crippen LogP contribution in [0, 0.1) is 0 Å². The SMILES string of the molecule is O=C(Nc1cc(Cl)cc(Cl)c1)C1CCCN1C(=O)CN1C(=O)NC2(CCCCC2)C1=O. The van der Waals surface area contributed by atoms with Crippen molar-refractivity contribution in [3.63, 3.8) is 0 Å². The second kappa shape index (κ2) is 8.67. The molecule has 1 unspecified atom stereocenters. The van der Waals surface area contributed by atoms with Crippen LogP contribution in [0.4, 0.5) is 10.5 Å². The summed E-state index contributed by atoms with van der Waals surface area (Å²) in [5.41, 5.74) is -0.432. The van der Waals surface area contributed by atoms with Gasteiger partial charge in [-0.15, -0.1) is 0 Å².